The molecule has 2 fully saturated rings. The molecule has 1 N–H and O–H groups in total. The van der Waals surface area contributed by atoms with Gasteiger partial charge in [-0.3, -0.25) is 15.0 Å². The smallest absolute Gasteiger partial charge is 0.182 e. The molecule has 0 bridgehead atoms. The van der Waals surface area contributed by atoms with Gasteiger partial charge in [0.1, 0.15) is 23.1 Å². The number of hydrogen-bond donors (Lipinski definition) is 1. The van der Waals surface area contributed by atoms with E-state index in [0.29, 0.717) is 55.5 Å². The third-order valence-corrected chi connectivity index (χ3v) is 7.30. The number of benzene rings is 1. The summed E-state index contributed by atoms with van der Waals surface area (Å²) < 4.78 is 5.86. The average Bonchev–Trinajstić information content (AvgIpc) is 3.63. The Bertz CT molecular complexity index is 1210. The predicted molar refractivity (Wildman–Crippen MR) is 146 cm³/mol. The lowest BCUT2D eigenvalue weighted by molar-refractivity contribution is -0.119. The fourth-order valence-electron chi connectivity index (χ4n) is 5.05. The molecule has 3 aliphatic rings. The number of Topliss-reactive ketones (excluding diaryl/α,β-unsaturated/α-hetero) is 2. The van der Waals surface area contributed by atoms with E-state index in [4.69, 9.17) is 15.1 Å². The van der Waals surface area contributed by atoms with Crippen LogP contribution >= 0.6 is 17.0 Å². The minimum absolute atomic E-state index is 0. The lowest BCUT2D eigenvalue weighted by atomic mass is 9.84. The van der Waals surface area contributed by atoms with E-state index in [1.807, 2.05) is 17.0 Å². The van der Waals surface area contributed by atoms with Crippen molar-refractivity contribution in [2.45, 2.75) is 64.3 Å². The maximum atomic E-state index is 13.6. The van der Waals surface area contributed by atoms with Crippen LogP contribution in [0.4, 0.5) is 5.69 Å². The number of carbonyl (C=O) groups is 2. The second-order valence-corrected chi connectivity index (χ2v) is 11.0. The zero-order chi connectivity index (χ0) is 24.9. The first kappa shape index (κ1) is 26.3. The molecular formula is C28H35BrN4O3. The fourth-order valence-corrected chi connectivity index (χ4v) is 5.05. The van der Waals surface area contributed by atoms with Gasteiger partial charge in [0.25, 0.3) is 0 Å². The molecule has 0 unspecified atom stereocenters. The second kappa shape index (κ2) is 9.96. The first-order valence-corrected chi connectivity index (χ1v) is 12.5. The van der Waals surface area contributed by atoms with E-state index < -0.39 is 0 Å². The minimum atomic E-state index is -0.234. The van der Waals surface area contributed by atoms with E-state index >= 15 is 0 Å². The molecule has 0 spiro atoms. The molecule has 0 atom stereocenters. The molecule has 1 saturated carbocycles. The number of ketones is 2. The van der Waals surface area contributed by atoms with Gasteiger partial charge in [-0.05, 0) is 36.5 Å². The highest BCUT2D eigenvalue weighted by molar-refractivity contribution is 8.93. The highest BCUT2D eigenvalue weighted by Crippen LogP contribution is 2.42. The molecule has 0 radical (unpaired) electrons. The lowest BCUT2D eigenvalue weighted by Crippen LogP contribution is -2.35. The number of amidine groups is 1. The standard InChI is InChI=1S/C28H34N4O3.BrH/c1-28(2,3)21-13-19(14-23(26(21)35-4)31-11-9-20(33)10-12-31)24(34)16-32-15-18-7-8-22(17-5-6-17)30-25(18)27(32)29;/h7-8,13-14,17,29H,5-6,9-12,15-16H2,1-4H3;1H. The SMILES string of the molecule is Br.COc1c(N2CCC(=O)CC2)cc(C(=O)CN2Cc3ccc(C4CC4)nc3C2=N)cc1C(C)(C)C. The van der Waals surface area contributed by atoms with Crippen molar-refractivity contribution < 1.29 is 14.3 Å². The third kappa shape index (κ3) is 5.05. The number of hydrogen-bond acceptors (Lipinski definition) is 6. The van der Waals surface area contributed by atoms with Crippen LogP contribution in [0, 0.1) is 5.41 Å². The molecule has 1 saturated heterocycles. The van der Waals surface area contributed by atoms with Crippen LogP contribution in [0.15, 0.2) is 24.3 Å². The molecule has 2 aliphatic heterocycles. The van der Waals surface area contributed by atoms with Crippen LogP contribution in [0.3, 0.4) is 0 Å². The van der Waals surface area contributed by atoms with E-state index in [1.54, 1.807) is 7.11 Å². The lowest BCUT2D eigenvalue weighted by Gasteiger charge is -2.33. The molecule has 8 heteroatoms. The number of rotatable bonds is 6. The highest BCUT2D eigenvalue weighted by Gasteiger charge is 2.32. The van der Waals surface area contributed by atoms with Gasteiger partial charge in [0.2, 0.25) is 0 Å². The van der Waals surface area contributed by atoms with Crippen molar-refractivity contribution in [2.75, 3.05) is 31.6 Å². The maximum Gasteiger partial charge on any atom is 0.182 e. The third-order valence-electron chi connectivity index (χ3n) is 7.30. The average molecular weight is 556 g/mol. The van der Waals surface area contributed by atoms with Crippen molar-refractivity contribution in [2.24, 2.45) is 0 Å². The molecule has 1 aromatic carbocycles. The van der Waals surface area contributed by atoms with Crippen LogP contribution in [0.1, 0.15) is 85.2 Å². The van der Waals surface area contributed by atoms with Crippen molar-refractivity contribution >= 4 is 40.1 Å². The summed E-state index contributed by atoms with van der Waals surface area (Å²) in [7, 11) is 1.66. The number of pyridine rings is 1. The Labute approximate surface area is 223 Å². The summed E-state index contributed by atoms with van der Waals surface area (Å²) in [5, 5.41) is 8.68. The Morgan fingerprint density at radius 1 is 1.17 bits per heavy atom. The summed E-state index contributed by atoms with van der Waals surface area (Å²) in [5.41, 5.74) is 5.00. The Hall–Kier alpha value is -2.74. The summed E-state index contributed by atoms with van der Waals surface area (Å²) >= 11 is 0. The Morgan fingerprint density at radius 3 is 2.47 bits per heavy atom. The van der Waals surface area contributed by atoms with Crippen molar-refractivity contribution in [3.05, 3.63) is 52.3 Å². The van der Waals surface area contributed by atoms with Crippen LogP contribution < -0.4 is 9.64 Å². The van der Waals surface area contributed by atoms with Gasteiger partial charge in [-0.1, -0.05) is 26.8 Å². The summed E-state index contributed by atoms with van der Waals surface area (Å²) in [6.45, 7) is 8.23. The number of carbonyl (C=O) groups excluding carboxylic acids is 2. The van der Waals surface area contributed by atoms with Gasteiger partial charge in [-0.2, -0.15) is 0 Å². The van der Waals surface area contributed by atoms with E-state index in [1.165, 1.54) is 12.8 Å². The van der Waals surface area contributed by atoms with Gasteiger partial charge < -0.3 is 14.5 Å². The highest BCUT2D eigenvalue weighted by atomic mass is 79.9. The van der Waals surface area contributed by atoms with E-state index in [-0.39, 0.29) is 40.5 Å². The molecular weight excluding hydrogens is 520 g/mol. The topological polar surface area (TPSA) is 86.6 Å². The molecule has 3 heterocycles. The van der Waals surface area contributed by atoms with E-state index in [9.17, 15) is 9.59 Å². The van der Waals surface area contributed by atoms with Crippen molar-refractivity contribution in [1.29, 1.82) is 5.41 Å². The number of piperidine rings is 1. The van der Waals surface area contributed by atoms with Crippen molar-refractivity contribution in [3.8, 4) is 5.75 Å². The van der Waals surface area contributed by atoms with Gasteiger partial charge in [-0.25, -0.2) is 4.98 Å². The van der Waals surface area contributed by atoms with Crippen molar-refractivity contribution in [3.63, 3.8) is 0 Å². The van der Waals surface area contributed by atoms with Gasteiger partial charge in [0, 0.05) is 60.8 Å². The Balaban J connectivity index is 0.00000304. The van der Waals surface area contributed by atoms with Crippen LogP contribution in [-0.4, -0.2) is 54.0 Å². The number of nitrogens with one attached hydrogen (secondary N) is 1. The molecule has 7 nitrogen and oxygen atoms in total. The zero-order valence-corrected chi connectivity index (χ0v) is 23.2. The summed E-state index contributed by atoms with van der Waals surface area (Å²) in [5.74, 6) is 1.86. The Morgan fingerprint density at radius 2 is 1.86 bits per heavy atom. The number of anilines is 1. The van der Waals surface area contributed by atoms with Crippen LogP contribution in [0.25, 0.3) is 0 Å². The number of methoxy groups -OCH3 is 1. The molecule has 5 rings (SSSR count). The molecule has 2 aromatic rings. The molecule has 0 amide bonds. The summed E-state index contributed by atoms with van der Waals surface area (Å²) in [4.78, 5) is 34.1. The first-order valence-electron chi connectivity index (χ1n) is 12.5. The normalized spacial score (nSPS) is 17.7. The number of aromatic nitrogens is 1. The maximum absolute atomic E-state index is 13.6. The monoisotopic (exact) mass is 554 g/mol. The zero-order valence-electron chi connectivity index (χ0n) is 21.5. The van der Waals surface area contributed by atoms with Crippen LogP contribution in [0.5, 0.6) is 5.75 Å². The van der Waals surface area contributed by atoms with Crippen LogP contribution in [0.2, 0.25) is 0 Å². The number of fused-ring (bicyclic) bond motifs is 1. The quantitative estimate of drug-likeness (QED) is 0.503. The fraction of sp³-hybridized carbons (Fsp3) is 0.500. The minimum Gasteiger partial charge on any atom is -0.494 e. The predicted octanol–water partition coefficient (Wildman–Crippen LogP) is 5.04. The number of nitrogens with zero attached hydrogens (tertiary/aromatic N) is 3. The van der Waals surface area contributed by atoms with Gasteiger partial charge >= 0.3 is 0 Å². The molecule has 1 aliphatic carbocycles. The second-order valence-electron chi connectivity index (χ2n) is 11.0. The first-order chi connectivity index (χ1) is 16.7. The van der Waals surface area contributed by atoms with Gasteiger partial charge in [-0.15, -0.1) is 17.0 Å². The molecule has 36 heavy (non-hydrogen) atoms. The molecule has 1 aromatic heterocycles. The van der Waals surface area contributed by atoms with Gasteiger partial charge in [0.05, 0.1) is 19.3 Å². The largest absolute Gasteiger partial charge is 0.494 e. The number of halogens is 1. The van der Waals surface area contributed by atoms with Crippen molar-refractivity contribution in [1.82, 2.24) is 9.88 Å². The molecule has 192 valence electrons. The summed E-state index contributed by atoms with van der Waals surface area (Å²) in [6, 6.07) is 7.98. The van der Waals surface area contributed by atoms with Gasteiger partial charge in [0.15, 0.2) is 5.78 Å². The Kier molecular flexibility index (Phi) is 7.28. The van der Waals surface area contributed by atoms with E-state index in [0.717, 1.165) is 28.3 Å². The van der Waals surface area contributed by atoms with E-state index in [2.05, 4.69) is 37.8 Å². The summed E-state index contributed by atoms with van der Waals surface area (Å²) in [6.07, 6.45) is 3.35. The van der Waals surface area contributed by atoms with Crippen LogP contribution in [-0.2, 0) is 16.8 Å². The number of ether oxygens (including phenoxy) is 1.